The fourth-order valence-electron chi connectivity index (χ4n) is 4.01. The summed E-state index contributed by atoms with van der Waals surface area (Å²) in [4.78, 5) is 28.2. The lowest BCUT2D eigenvalue weighted by molar-refractivity contribution is -0.129. The van der Waals surface area contributed by atoms with E-state index < -0.39 is 0 Å². The summed E-state index contributed by atoms with van der Waals surface area (Å²) in [6.45, 7) is 0.515. The number of hydrogen-bond acceptors (Lipinski definition) is 4. The molecule has 5 nitrogen and oxygen atoms in total. The summed E-state index contributed by atoms with van der Waals surface area (Å²) in [6, 6.07) is 15.7. The monoisotopic (exact) mass is 440 g/mol. The van der Waals surface area contributed by atoms with Crippen LogP contribution in [0.5, 0.6) is 5.75 Å². The molecule has 0 radical (unpaired) electrons. The van der Waals surface area contributed by atoms with Crippen LogP contribution in [0.2, 0.25) is 0 Å². The van der Waals surface area contributed by atoms with E-state index in [1.165, 1.54) is 31.0 Å². The van der Waals surface area contributed by atoms with Crippen LogP contribution in [-0.4, -0.2) is 49.2 Å². The minimum Gasteiger partial charge on any atom is -0.496 e. The molecule has 0 heterocycles. The maximum atomic E-state index is 12.8. The normalized spacial score (nSPS) is 14.1. The summed E-state index contributed by atoms with van der Waals surface area (Å²) >= 11 is 1.44. The molecule has 0 atom stereocenters. The molecule has 2 amide bonds. The van der Waals surface area contributed by atoms with Crippen molar-refractivity contribution in [1.29, 1.82) is 0 Å². The van der Waals surface area contributed by atoms with E-state index in [-0.39, 0.29) is 11.8 Å². The highest BCUT2D eigenvalue weighted by Gasteiger charge is 2.22. The van der Waals surface area contributed by atoms with Gasteiger partial charge in [-0.3, -0.25) is 9.59 Å². The number of nitrogens with zero attached hydrogens (tertiary/aromatic N) is 1. The SMILES string of the molecule is COc1ccccc1CCNC(=O)c1ccccc1SCC(=O)N(C)C1CCCCC1. The molecule has 2 aromatic rings. The smallest absolute Gasteiger partial charge is 0.252 e. The number of hydrogen-bond donors (Lipinski definition) is 1. The van der Waals surface area contributed by atoms with E-state index in [0.717, 1.165) is 29.1 Å². The van der Waals surface area contributed by atoms with Crippen LogP contribution in [0.3, 0.4) is 0 Å². The van der Waals surface area contributed by atoms with Gasteiger partial charge in [-0.15, -0.1) is 11.8 Å². The molecular formula is C25H32N2O3S. The highest BCUT2D eigenvalue weighted by Crippen LogP contribution is 2.26. The van der Waals surface area contributed by atoms with Gasteiger partial charge in [-0.25, -0.2) is 0 Å². The summed E-state index contributed by atoms with van der Waals surface area (Å²) in [5, 5.41) is 3.00. The van der Waals surface area contributed by atoms with Crippen LogP contribution < -0.4 is 10.1 Å². The van der Waals surface area contributed by atoms with Gasteiger partial charge >= 0.3 is 0 Å². The summed E-state index contributed by atoms with van der Waals surface area (Å²) in [6.07, 6.45) is 6.55. The van der Waals surface area contributed by atoms with Gasteiger partial charge in [-0.05, 0) is 43.0 Å². The van der Waals surface area contributed by atoms with Crippen molar-refractivity contribution in [2.75, 3.05) is 26.5 Å². The van der Waals surface area contributed by atoms with Crippen LogP contribution in [0.15, 0.2) is 53.4 Å². The van der Waals surface area contributed by atoms with Gasteiger partial charge in [0, 0.05) is 24.5 Å². The zero-order chi connectivity index (χ0) is 22.1. The van der Waals surface area contributed by atoms with Gasteiger partial charge in [-0.2, -0.15) is 0 Å². The van der Waals surface area contributed by atoms with Crippen molar-refractivity contribution >= 4 is 23.6 Å². The lowest BCUT2D eigenvalue weighted by atomic mass is 9.94. The Balaban J connectivity index is 1.54. The predicted octanol–water partition coefficient (Wildman–Crippen LogP) is 4.55. The first-order valence-electron chi connectivity index (χ1n) is 11.0. The molecule has 0 bridgehead atoms. The standard InChI is InChI=1S/C25H32N2O3S/c1-27(20-11-4-3-5-12-20)24(28)18-31-23-15-9-7-13-21(23)25(29)26-17-16-19-10-6-8-14-22(19)30-2/h6-10,13-15,20H,3-5,11-12,16-18H2,1-2H3,(H,26,29). The second-order valence-corrected chi connectivity index (χ2v) is 8.92. The van der Waals surface area contributed by atoms with E-state index in [2.05, 4.69) is 5.32 Å². The number of benzene rings is 2. The van der Waals surface area contributed by atoms with Gasteiger partial charge in [0.15, 0.2) is 0 Å². The molecule has 1 saturated carbocycles. The topological polar surface area (TPSA) is 58.6 Å². The van der Waals surface area contributed by atoms with Gasteiger partial charge in [0.25, 0.3) is 5.91 Å². The van der Waals surface area contributed by atoms with Crippen LogP contribution in [0, 0.1) is 0 Å². The van der Waals surface area contributed by atoms with Crippen molar-refractivity contribution < 1.29 is 14.3 Å². The lowest BCUT2D eigenvalue weighted by Crippen LogP contribution is -2.39. The Labute approximate surface area is 189 Å². The molecule has 2 aromatic carbocycles. The van der Waals surface area contributed by atoms with Crippen LogP contribution >= 0.6 is 11.8 Å². The molecule has 1 aliphatic rings. The number of carbonyl (C=O) groups is 2. The molecule has 0 unspecified atom stereocenters. The molecular weight excluding hydrogens is 408 g/mol. The average molecular weight is 441 g/mol. The summed E-state index contributed by atoms with van der Waals surface area (Å²) in [7, 11) is 3.56. The van der Waals surface area contributed by atoms with Crippen molar-refractivity contribution in [1.82, 2.24) is 10.2 Å². The van der Waals surface area contributed by atoms with Crippen molar-refractivity contribution in [3.8, 4) is 5.75 Å². The van der Waals surface area contributed by atoms with Crippen LogP contribution in [-0.2, 0) is 11.2 Å². The van der Waals surface area contributed by atoms with Crippen molar-refractivity contribution in [3.63, 3.8) is 0 Å². The van der Waals surface area contributed by atoms with E-state index in [1.807, 2.05) is 60.5 Å². The van der Waals surface area contributed by atoms with Gasteiger partial charge in [0.2, 0.25) is 5.91 Å². The molecule has 31 heavy (non-hydrogen) atoms. The predicted molar refractivity (Wildman–Crippen MR) is 126 cm³/mol. The molecule has 1 fully saturated rings. The number of ether oxygens (including phenoxy) is 1. The highest BCUT2D eigenvalue weighted by molar-refractivity contribution is 8.00. The third-order valence-corrected chi connectivity index (χ3v) is 6.93. The fourth-order valence-corrected chi connectivity index (χ4v) is 4.98. The Kier molecular flexibility index (Phi) is 8.83. The van der Waals surface area contributed by atoms with Gasteiger partial charge < -0.3 is 15.0 Å². The molecule has 0 spiro atoms. The quantitative estimate of drug-likeness (QED) is 0.581. The minimum absolute atomic E-state index is 0.119. The Morgan fingerprint density at radius 3 is 2.55 bits per heavy atom. The molecule has 6 heteroatoms. The van der Waals surface area contributed by atoms with E-state index in [9.17, 15) is 9.59 Å². The Hall–Kier alpha value is -2.47. The number of carbonyl (C=O) groups excluding carboxylic acids is 2. The van der Waals surface area contributed by atoms with Crippen molar-refractivity contribution in [3.05, 3.63) is 59.7 Å². The summed E-state index contributed by atoms with van der Waals surface area (Å²) < 4.78 is 5.37. The first kappa shape index (κ1) is 23.2. The summed E-state index contributed by atoms with van der Waals surface area (Å²) in [5.74, 6) is 1.18. The summed E-state index contributed by atoms with van der Waals surface area (Å²) in [5.41, 5.74) is 1.67. The van der Waals surface area contributed by atoms with Crippen molar-refractivity contribution in [2.45, 2.75) is 49.5 Å². The molecule has 0 saturated heterocycles. The van der Waals surface area contributed by atoms with E-state index in [4.69, 9.17) is 4.74 Å². The second-order valence-electron chi connectivity index (χ2n) is 7.90. The van der Waals surface area contributed by atoms with Gasteiger partial charge in [0.05, 0.1) is 18.4 Å². The molecule has 0 aromatic heterocycles. The van der Waals surface area contributed by atoms with Crippen molar-refractivity contribution in [2.24, 2.45) is 0 Å². The Morgan fingerprint density at radius 2 is 1.77 bits per heavy atom. The highest BCUT2D eigenvalue weighted by atomic mass is 32.2. The maximum absolute atomic E-state index is 12.8. The molecule has 1 N–H and O–H groups in total. The zero-order valence-corrected chi connectivity index (χ0v) is 19.2. The first-order valence-corrected chi connectivity index (χ1v) is 12.0. The first-order chi connectivity index (χ1) is 15.1. The number of methoxy groups -OCH3 is 1. The Bertz CT molecular complexity index is 881. The van der Waals surface area contributed by atoms with Crippen LogP contribution in [0.25, 0.3) is 0 Å². The average Bonchev–Trinajstić information content (AvgIpc) is 2.83. The number of nitrogens with one attached hydrogen (secondary N) is 1. The van der Waals surface area contributed by atoms with E-state index >= 15 is 0 Å². The van der Waals surface area contributed by atoms with Gasteiger partial charge in [-0.1, -0.05) is 49.6 Å². The van der Waals surface area contributed by atoms with E-state index in [0.29, 0.717) is 30.3 Å². The number of thioether (sulfide) groups is 1. The number of amides is 2. The third-order valence-electron chi connectivity index (χ3n) is 5.87. The minimum atomic E-state index is -0.119. The maximum Gasteiger partial charge on any atom is 0.252 e. The van der Waals surface area contributed by atoms with Crippen LogP contribution in [0.4, 0.5) is 0 Å². The fraction of sp³-hybridized carbons (Fsp3) is 0.440. The third kappa shape index (κ3) is 6.50. The van der Waals surface area contributed by atoms with E-state index in [1.54, 1.807) is 7.11 Å². The molecule has 1 aliphatic carbocycles. The zero-order valence-electron chi connectivity index (χ0n) is 18.4. The largest absolute Gasteiger partial charge is 0.496 e. The van der Waals surface area contributed by atoms with Crippen LogP contribution in [0.1, 0.15) is 48.0 Å². The second kappa shape index (κ2) is 11.8. The Morgan fingerprint density at radius 1 is 1.06 bits per heavy atom. The molecule has 3 rings (SSSR count). The number of para-hydroxylation sites is 1. The van der Waals surface area contributed by atoms with Gasteiger partial charge in [0.1, 0.15) is 5.75 Å². The number of rotatable bonds is 9. The molecule has 0 aliphatic heterocycles. The lowest BCUT2D eigenvalue weighted by Gasteiger charge is -2.31. The molecule has 166 valence electrons.